The van der Waals surface area contributed by atoms with Crippen molar-refractivity contribution in [3.05, 3.63) is 90.0 Å². The van der Waals surface area contributed by atoms with Crippen molar-refractivity contribution in [3.63, 3.8) is 0 Å². The molecule has 1 fully saturated rings. The number of phenolic OH excluding ortho intramolecular Hbond substituents is 1. The monoisotopic (exact) mass is 618 g/mol. The Balaban J connectivity index is 1.41. The highest BCUT2D eigenvalue weighted by molar-refractivity contribution is 5.97. The summed E-state index contributed by atoms with van der Waals surface area (Å²) in [5, 5.41) is 11.0. The predicted molar refractivity (Wildman–Crippen MR) is 168 cm³/mol. The zero-order chi connectivity index (χ0) is 32.0. The van der Waals surface area contributed by atoms with Gasteiger partial charge in [0.25, 0.3) is 0 Å². The van der Waals surface area contributed by atoms with E-state index in [0.29, 0.717) is 37.5 Å². The molecule has 1 aromatic heterocycles. The van der Waals surface area contributed by atoms with E-state index in [1.165, 1.54) is 6.07 Å². The van der Waals surface area contributed by atoms with Crippen LogP contribution in [0, 0.1) is 5.92 Å². The van der Waals surface area contributed by atoms with Gasteiger partial charge in [0.05, 0.1) is 32.7 Å². The van der Waals surface area contributed by atoms with Crippen LogP contribution < -0.4 is 9.47 Å². The number of nitrogens with zero attached hydrogens (tertiary/aromatic N) is 2. The summed E-state index contributed by atoms with van der Waals surface area (Å²) >= 11 is 0. The Hall–Kier alpha value is -4.12. The number of carbonyl (C=O) groups excluding carboxylic acids is 1. The largest absolute Gasteiger partial charge is 0.507 e. The Morgan fingerprint density at radius 3 is 2.62 bits per heavy atom. The molecule has 2 aromatic carbocycles. The minimum absolute atomic E-state index is 0.0782. The van der Waals surface area contributed by atoms with Gasteiger partial charge in [0, 0.05) is 24.4 Å². The van der Waals surface area contributed by atoms with Crippen LogP contribution in [0.15, 0.2) is 73.3 Å². The Labute approximate surface area is 264 Å². The molecule has 0 radical (unpaired) electrons. The first kappa shape index (κ1) is 32.3. The van der Waals surface area contributed by atoms with E-state index >= 15 is 0 Å². The molecule has 5 atom stereocenters. The molecule has 2 aliphatic heterocycles. The quantitative estimate of drug-likeness (QED) is 0.242. The number of fused-ring (bicyclic) bond motifs is 2. The molecule has 240 valence electrons. The second-order valence-electron chi connectivity index (χ2n) is 11.8. The van der Waals surface area contributed by atoms with E-state index in [9.17, 15) is 9.90 Å². The van der Waals surface area contributed by atoms with Crippen LogP contribution in [0.25, 0.3) is 6.08 Å². The molecular weight excluding hydrogens is 576 g/mol. The Morgan fingerprint density at radius 2 is 1.89 bits per heavy atom. The van der Waals surface area contributed by atoms with E-state index in [-0.39, 0.29) is 23.3 Å². The molecule has 10 heteroatoms. The summed E-state index contributed by atoms with van der Waals surface area (Å²) < 4.78 is 38.1. The number of methoxy groups -OCH3 is 1. The number of hydrogen-bond acceptors (Lipinski definition) is 9. The number of esters is 1. The first-order valence-electron chi connectivity index (χ1n) is 15.2. The molecule has 0 saturated carbocycles. The number of cyclic esters (lactones) is 1. The summed E-state index contributed by atoms with van der Waals surface area (Å²) in [6.45, 7) is 8.86. The maximum absolute atomic E-state index is 13.4. The fourth-order valence-corrected chi connectivity index (χ4v) is 5.35. The van der Waals surface area contributed by atoms with Gasteiger partial charge in [0.1, 0.15) is 47.7 Å². The zero-order valence-corrected chi connectivity index (χ0v) is 26.4. The fraction of sp³-hybridized carbons (Fsp3) is 0.429. The number of aromatic nitrogens is 2. The van der Waals surface area contributed by atoms with Crippen LogP contribution >= 0.6 is 0 Å². The summed E-state index contributed by atoms with van der Waals surface area (Å²) in [6, 6.07) is 10.9. The van der Waals surface area contributed by atoms with Crippen molar-refractivity contribution in [2.75, 3.05) is 13.7 Å². The van der Waals surface area contributed by atoms with Crippen molar-refractivity contribution in [2.45, 2.75) is 77.5 Å². The Kier molecular flexibility index (Phi) is 10.3. The van der Waals surface area contributed by atoms with Crippen LogP contribution in [0.2, 0.25) is 0 Å². The normalized spacial score (nSPS) is 24.7. The van der Waals surface area contributed by atoms with E-state index in [2.05, 4.69) is 4.98 Å². The molecule has 0 aliphatic carbocycles. The van der Waals surface area contributed by atoms with Crippen LogP contribution in [0.3, 0.4) is 0 Å². The van der Waals surface area contributed by atoms with Crippen LogP contribution in [0.4, 0.5) is 0 Å². The van der Waals surface area contributed by atoms with E-state index in [1.54, 1.807) is 31.8 Å². The van der Waals surface area contributed by atoms with Crippen LogP contribution in [0.1, 0.15) is 55.6 Å². The van der Waals surface area contributed by atoms with Gasteiger partial charge in [-0.3, -0.25) is 0 Å². The average molecular weight is 619 g/mol. The molecule has 0 bridgehead atoms. The number of rotatable bonds is 8. The maximum atomic E-state index is 13.4. The maximum Gasteiger partial charge on any atom is 0.342 e. The van der Waals surface area contributed by atoms with Crippen molar-refractivity contribution >= 4 is 12.0 Å². The molecule has 0 spiro atoms. The van der Waals surface area contributed by atoms with Crippen molar-refractivity contribution in [2.24, 2.45) is 5.92 Å². The lowest BCUT2D eigenvalue weighted by atomic mass is 9.98. The fourth-order valence-electron chi connectivity index (χ4n) is 5.35. The van der Waals surface area contributed by atoms with Gasteiger partial charge < -0.3 is 38.1 Å². The first-order chi connectivity index (χ1) is 21.6. The molecule has 1 unspecified atom stereocenters. The Bertz CT molecular complexity index is 1480. The highest BCUT2D eigenvalue weighted by Crippen LogP contribution is 2.35. The third-order valence-corrected chi connectivity index (χ3v) is 7.95. The molecule has 1 saturated heterocycles. The van der Waals surface area contributed by atoms with Crippen LogP contribution in [-0.2, 0) is 32.1 Å². The number of aromatic hydroxyl groups is 1. The summed E-state index contributed by atoms with van der Waals surface area (Å²) in [7, 11) is 1.64. The predicted octanol–water partition coefficient (Wildman–Crippen LogP) is 5.94. The average Bonchev–Trinajstić information content (AvgIpc) is 3.63. The molecule has 3 aromatic rings. The van der Waals surface area contributed by atoms with Crippen molar-refractivity contribution in [1.29, 1.82) is 0 Å². The van der Waals surface area contributed by atoms with E-state index < -0.39 is 30.1 Å². The summed E-state index contributed by atoms with van der Waals surface area (Å²) in [4.78, 5) is 17.4. The standard InChI is InChI=1S/C35H42N2O8/c1-23-9-14-30(42-21-25-10-12-27(40-5)13-11-25)33-31(44-35(3,4)45-33)8-6-7-26-19-28(41-18-17-37-16-15-36-22-37)20-29(38)32(26)34(39)43-24(23)2/h6-7,9-16,19-20,22-24,30-31,33,38H,8,17-18,21H2,1-5H3/t23-,24+,30?,31+,33-/m1/s1. The third-order valence-electron chi connectivity index (χ3n) is 7.95. The zero-order valence-electron chi connectivity index (χ0n) is 26.4. The minimum Gasteiger partial charge on any atom is -0.507 e. The van der Waals surface area contributed by atoms with Gasteiger partial charge in [0.2, 0.25) is 0 Å². The van der Waals surface area contributed by atoms with Gasteiger partial charge >= 0.3 is 5.97 Å². The molecule has 1 N–H and O–H groups in total. The lowest BCUT2D eigenvalue weighted by Crippen LogP contribution is -2.36. The number of benzene rings is 2. The number of imidazole rings is 1. The van der Waals surface area contributed by atoms with E-state index in [1.807, 2.05) is 81.0 Å². The second kappa shape index (κ2) is 14.3. The van der Waals surface area contributed by atoms with Gasteiger partial charge in [-0.2, -0.15) is 0 Å². The number of carbonyl (C=O) groups is 1. The summed E-state index contributed by atoms with van der Waals surface area (Å²) in [5.41, 5.74) is 1.55. The van der Waals surface area contributed by atoms with Crippen LogP contribution in [0.5, 0.6) is 17.2 Å². The van der Waals surface area contributed by atoms with Crippen LogP contribution in [-0.4, -0.2) is 64.5 Å². The van der Waals surface area contributed by atoms with Crippen molar-refractivity contribution in [1.82, 2.24) is 9.55 Å². The van der Waals surface area contributed by atoms with Gasteiger partial charge in [-0.05, 0) is 56.5 Å². The highest BCUT2D eigenvalue weighted by atomic mass is 16.8. The molecular formula is C35H42N2O8. The van der Waals surface area contributed by atoms with Gasteiger partial charge in [-0.25, -0.2) is 9.78 Å². The number of hydrogen-bond donors (Lipinski definition) is 1. The van der Waals surface area contributed by atoms with Crippen molar-refractivity contribution in [3.8, 4) is 17.2 Å². The SMILES string of the molecule is COc1ccc(COC2C=C[C@@H](C)[C@H](C)OC(=O)c3c(O)cc(OCCn4ccnc4)cc3C=CC[C@@H]3OC(C)(C)O[C@H]23)cc1. The minimum atomic E-state index is -0.822. The molecule has 0 amide bonds. The van der Waals surface area contributed by atoms with Gasteiger partial charge in [0.15, 0.2) is 5.79 Å². The topological polar surface area (TPSA) is 111 Å². The Morgan fingerprint density at radius 1 is 1.09 bits per heavy atom. The lowest BCUT2D eigenvalue weighted by Gasteiger charge is -2.26. The molecule has 2 aliphatic rings. The van der Waals surface area contributed by atoms with Gasteiger partial charge in [-0.15, -0.1) is 0 Å². The summed E-state index contributed by atoms with van der Waals surface area (Å²) in [5.74, 6) is -0.608. The van der Waals surface area contributed by atoms with Gasteiger partial charge in [-0.1, -0.05) is 43.4 Å². The number of phenols is 1. The first-order valence-corrected chi connectivity index (χ1v) is 15.2. The summed E-state index contributed by atoms with van der Waals surface area (Å²) in [6.07, 6.45) is 11.7. The lowest BCUT2D eigenvalue weighted by molar-refractivity contribution is -0.156. The molecule has 10 nitrogen and oxygen atoms in total. The molecule has 3 heterocycles. The molecule has 45 heavy (non-hydrogen) atoms. The van der Waals surface area contributed by atoms with E-state index in [4.69, 9.17) is 28.4 Å². The number of ether oxygens (including phenoxy) is 6. The third kappa shape index (κ3) is 8.33. The van der Waals surface area contributed by atoms with Crippen molar-refractivity contribution < 1.29 is 38.3 Å². The molecule has 5 rings (SSSR count). The second-order valence-corrected chi connectivity index (χ2v) is 11.8. The smallest absolute Gasteiger partial charge is 0.342 e. The van der Waals surface area contributed by atoms with E-state index in [0.717, 1.165) is 11.3 Å². The highest BCUT2D eigenvalue weighted by Gasteiger charge is 2.44.